The van der Waals surface area contributed by atoms with Crippen molar-refractivity contribution < 1.29 is 14.3 Å². The number of aromatic nitrogens is 2. The van der Waals surface area contributed by atoms with Gasteiger partial charge >= 0.3 is 5.97 Å². The van der Waals surface area contributed by atoms with E-state index in [-0.39, 0.29) is 12.2 Å². The van der Waals surface area contributed by atoms with E-state index in [2.05, 4.69) is 9.97 Å². The van der Waals surface area contributed by atoms with Crippen molar-refractivity contribution in [3.63, 3.8) is 0 Å². The van der Waals surface area contributed by atoms with Crippen LogP contribution in [-0.2, 0) is 14.3 Å². The molecule has 1 atom stereocenters. The number of rotatable bonds is 2. The fourth-order valence-corrected chi connectivity index (χ4v) is 1.92. The monoisotopic (exact) mass is 253 g/mol. The molecule has 1 aromatic heterocycles. The molecule has 98 valence electrons. The summed E-state index contributed by atoms with van der Waals surface area (Å²) in [5.74, 6) is 0.581. The number of nitrogens with one attached hydrogen (secondary N) is 1. The van der Waals surface area contributed by atoms with Gasteiger partial charge in [-0.2, -0.15) is 0 Å². The highest BCUT2D eigenvalue weighted by Crippen LogP contribution is 2.16. The van der Waals surface area contributed by atoms with Crippen LogP contribution in [0.3, 0.4) is 0 Å². The molecular weight excluding hydrogens is 238 g/mol. The summed E-state index contributed by atoms with van der Waals surface area (Å²) >= 11 is 0. The van der Waals surface area contributed by atoms with Gasteiger partial charge in [-0.3, -0.25) is 4.79 Å². The summed E-state index contributed by atoms with van der Waals surface area (Å²) in [6.07, 6.45) is 0. The van der Waals surface area contributed by atoms with E-state index >= 15 is 0 Å². The summed E-state index contributed by atoms with van der Waals surface area (Å²) < 4.78 is 9.99. The number of carbonyl (C=O) groups is 1. The van der Waals surface area contributed by atoms with Crippen LogP contribution in [0.15, 0.2) is 10.9 Å². The van der Waals surface area contributed by atoms with Crippen molar-refractivity contribution in [2.75, 3.05) is 31.8 Å². The standard InChI is InChI=1S/C11H15N3O4/c1-7-12-9(5-10(15)13-7)14-3-4-18-6-8(14)11(16)17-2/h5,8H,3-4,6H2,1-2H3,(H,12,13,15). The lowest BCUT2D eigenvalue weighted by Gasteiger charge is -2.34. The quantitative estimate of drug-likeness (QED) is 0.712. The van der Waals surface area contributed by atoms with Crippen LogP contribution >= 0.6 is 0 Å². The first-order valence-corrected chi connectivity index (χ1v) is 5.62. The number of methoxy groups -OCH3 is 1. The largest absolute Gasteiger partial charge is 0.467 e. The predicted molar refractivity (Wildman–Crippen MR) is 63.6 cm³/mol. The molecule has 1 aliphatic rings. The zero-order chi connectivity index (χ0) is 13.1. The SMILES string of the molecule is COC(=O)C1COCCN1c1cc(=O)[nH]c(C)n1. The lowest BCUT2D eigenvalue weighted by Crippen LogP contribution is -2.51. The average molecular weight is 253 g/mol. The Kier molecular flexibility index (Phi) is 3.61. The number of morpholine rings is 1. The molecule has 7 nitrogen and oxygen atoms in total. The van der Waals surface area contributed by atoms with Gasteiger partial charge in [0.25, 0.3) is 5.56 Å². The van der Waals surface area contributed by atoms with Crippen molar-refractivity contribution in [1.29, 1.82) is 0 Å². The number of carbonyl (C=O) groups excluding carboxylic acids is 1. The Morgan fingerprint density at radius 2 is 2.44 bits per heavy atom. The van der Waals surface area contributed by atoms with E-state index in [0.717, 1.165) is 0 Å². The second kappa shape index (κ2) is 5.18. The first-order valence-electron chi connectivity index (χ1n) is 5.62. The molecule has 1 fully saturated rings. The molecule has 0 spiro atoms. The van der Waals surface area contributed by atoms with Gasteiger partial charge in [0.05, 0.1) is 20.3 Å². The predicted octanol–water partition coefficient (Wildman–Crippen LogP) is -0.543. The van der Waals surface area contributed by atoms with Gasteiger partial charge in [-0.05, 0) is 6.92 Å². The summed E-state index contributed by atoms with van der Waals surface area (Å²) in [4.78, 5) is 31.6. The van der Waals surface area contributed by atoms with E-state index in [9.17, 15) is 9.59 Å². The average Bonchev–Trinajstić information content (AvgIpc) is 2.36. The summed E-state index contributed by atoms with van der Waals surface area (Å²) in [6, 6.07) is 0.811. The maximum Gasteiger partial charge on any atom is 0.330 e. The summed E-state index contributed by atoms with van der Waals surface area (Å²) in [5, 5.41) is 0. The molecular formula is C11H15N3O4. The molecule has 1 saturated heterocycles. The molecule has 0 aliphatic carbocycles. The van der Waals surface area contributed by atoms with Crippen molar-refractivity contribution in [3.8, 4) is 0 Å². The highest BCUT2D eigenvalue weighted by atomic mass is 16.5. The Hall–Kier alpha value is -1.89. The van der Waals surface area contributed by atoms with Crippen LogP contribution < -0.4 is 10.5 Å². The first kappa shape index (κ1) is 12.6. The minimum atomic E-state index is -0.558. The Labute approximate surface area is 104 Å². The van der Waals surface area contributed by atoms with E-state index in [1.165, 1.54) is 13.2 Å². The van der Waals surface area contributed by atoms with Gasteiger partial charge in [-0.15, -0.1) is 0 Å². The van der Waals surface area contributed by atoms with Crippen molar-refractivity contribution in [3.05, 3.63) is 22.2 Å². The zero-order valence-corrected chi connectivity index (χ0v) is 10.3. The second-order valence-corrected chi connectivity index (χ2v) is 4.00. The fourth-order valence-electron chi connectivity index (χ4n) is 1.92. The van der Waals surface area contributed by atoms with Crippen LogP contribution in [-0.4, -0.2) is 48.8 Å². The topological polar surface area (TPSA) is 84.5 Å². The zero-order valence-electron chi connectivity index (χ0n) is 10.3. The van der Waals surface area contributed by atoms with Gasteiger partial charge in [0.2, 0.25) is 0 Å². The van der Waals surface area contributed by atoms with E-state index in [1.807, 2.05) is 0 Å². The second-order valence-electron chi connectivity index (χ2n) is 4.00. The molecule has 1 aliphatic heterocycles. The van der Waals surface area contributed by atoms with E-state index in [0.29, 0.717) is 24.8 Å². The Bertz CT molecular complexity index is 499. The number of aryl methyl sites for hydroxylation is 1. The Morgan fingerprint density at radius 1 is 1.67 bits per heavy atom. The molecule has 0 amide bonds. The third-order valence-corrected chi connectivity index (χ3v) is 2.74. The minimum Gasteiger partial charge on any atom is -0.467 e. The molecule has 2 heterocycles. The molecule has 0 aromatic carbocycles. The van der Waals surface area contributed by atoms with Gasteiger partial charge in [0, 0.05) is 12.6 Å². The lowest BCUT2D eigenvalue weighted by molar-refractivity contribution is -0.144. The summed E-state index contributed by atoms with van der Waals surface area (Å²) in [5.41, 5.74) is -0.243. The Balaban J connectivity index is 2.33. The first-order chi connectivity index (χ1) is 8.61. The van der Waals surface area contributed by atoms with Crippen molar-refractivity contribution in [1.82, 2.24) is 9.97 Å². The molecule has 0 bridgehead atoms. The van der Waals surface area contributed by atoms with Gasteiger partial charge in [0.1, 0.15) is 11.6 Å². The third kappa shape index (κ3) is 2.51. The lowest BCUT2D eigenvalue weighted by atomic mass is 10.2. The molecule has 2 rings (SSSR count). The number of nitrogens with zero attached hydrogens (tertiary/aromatic N) is 2. The molecule has 1 aromatic rings. The molecule has 0 saturated carbocycles. The van der Waals surface area contributed by atoms with Crippen LogP contribution in [0.1, 0.15) is 5.82 Å². The minimum absolute atomic E-state index is 0.236. The number of hydrogen-bond acceptors (Lipinski definition) is 6. The number of hydrogen-bond donors (Lipinski definition) is 1. The van der Waals surface area contributed by atoms with Crippen molar-refractivity contribution in [2.24, 2.45) is 0 Å². The number of ether oxygens (including phenoxy) is 2. The normalized spacial score (nSPS) is 19.7. The number of esters is 1. The van der Waals surface area contributed by atoms with E-state index < -0.39 is 12.0 Å². The highest BCUT2D eigenvalue weighted by molar-refractivity contribution is 5.80. The highest BCUT2D eigenvalue weighted by Gasteiger charge is 2.31. The smallest absolute Gasteiger partial charge is 0.330 e. The maximum absolute atomic E-state index is 11.7. The van der Waals surface area contributed by atoms with Crippen LogP contribution in [0.2, 0.25) is 0 Å². The van der Waals surface area contributed by atoms with Crippen LogP contribution in [0, 0.1) is 6.92 Å². The summed E-state index contributed by atoms with van der Waals surface area (Å²) in [7, 11) is 1.32. The summed E-state index contributed by atoms with van der Waals surface area (Å²) in [6.45, 7) is 2.91. The van der Waals surface area contributed by atoms with Gasteiger partial charge in [-0.25, -0.2) is 9.78 Å². The molecule has 7 heteroatoms. The van der Waals surface area contributed by atoms with Gasteiger partial charge < -0.3 is 19.4 Å². The molecule has 1 unspecified atom stereocenters. The van der Waals surface area contributed by atoms with Crippen LogP contribution in [0.25, 0.3) is 0 Å². The van der Waals surface area contributed by atoms with Crippen molar-refractivity contribution >= 4 is 11.8 Å². The van der Waals surface area contributed by atoms with E-state index in [1.54, 1.807) is 11.8 Å². The molecule has 18 heavy (non-hydrogen) atoms. The van der Waals surface area contributed by atoms with Gasteiger partial charge in [-0.1, -0.05) is 0 Å². The number of aromatic amines is 1. The fraction of sp³-hybridized carbons (Fsp3) is 0.545. The Morgan fingerprint density at radius 3 is 3.11 bits per heavy atom. The van der Waals surface area contributed by atoms with E-state index in [4.69, 9.17) is 9.47 Å². The number of H-pyrrole nitrogens is 1. The van der Waals surface area contributed by atoms with Crippen molar-refractivity contribution in [2.45, 2.75) is 13.0 Å². The number of anilines is 1. The van der Waals surface area contributed by atoms with Crippen LogP contribution in [0.5, 0.6) is 0 Å². The third-order valence-electron chi connectivity index (χ3n) is 2.74. The van der Waals surface area contributed by atoms with Gasteiger partial charge in [0.15, 0.2) is 6.04 Å². The molecule has 1 N–H and O–H groups in total. The molecule has 0 radical (unpaired) electrons. The maximum atomic E-state index is 11.7. The van der Waals surface area contributed by atoms with Crippen LogP contribution in [0.4, 0.5) is 5.82 Å².